The Morgan fingerprint density at radius 1 is 0.731 bits per heavy atom. The fourth-order valence-corrected chi connectivity index (χ4v) is 7.92. The lowest BCUT2D eigenvalue weighted by Crippen LogP contribution is -2.21. The van der Waals surface area contributed by atoms with Gasteiger partial charge in [0.25, 0.3) is 20.2 Å². The van der Waals surface area contributed by atoms with Crippen LogP contribution in [0.5, 0.6) is 11.5 Å². The molecule has 0 aliphatic heterocycles. The molecule has 0 fully saturated rings. The second kappa shape index (κ2) is 13.6. The molecule has 0 saturated carbocycles. The monoisotopic (exact) mass is 754 g/mol. The van der Waals surface area contributed by atoms with Gasteiger partial charge in [-0.25, -0.2) is 9.78 Å². The van der Waals surface area contributed by atoms with E-state index in [0.29, 0.717) is 44.1 Å². The van der Waals surface area contributed by atoms with E-state index in [9.17, 15) is 30.7 Å². The van der Waals surface area contributed by atoms with Crippen molar-refractivity contribution >= 4 is 58.4 Å². The summed E-state index contributed by atoms with van der Waals surface area (Å²) in [6.07, 6.45) is 0. The third-order valence-electron chi connectivity index (χ3n) is 8.57. The molecule has 7 aromatic rings. The first-order valence-corrected chi connectivity index (χ1v) is 19.7. The number of thiazole rings is 1. The van der Waals surface area contributed by atoms with Gasteiger partial charge in [-0.2, -0.15) is 16.8 Å². The first-order valence-electron chi connectivity index (χ1n) is 16.0. The highest BCUT2D eigenvalue weighted by molar-refractivity contribution is 7.86. The Morgan fingerprint density at radius 2 is 1.38 bits per heavy atom. The Kier molecular flexibility index (Phi) is 9.19. The Balaban J connectivity index is 1.33. The zero-order valence-electron chi connectivity index (χ0n) is 27.7. The predicted molar refractivity (Wildman–Crippen MR) is 202 cm³/mol. The number of hydrogen-bond acceptors (Lipinski definition) is 10. The zero-order chi connectivity index (χ0) is 36.8. The molecule has 52 heavy (non-hydrogen) atoms. The van der Waals surface area contributed by atoms with E-state index in [-0.39, 0.29) is 16.2 Å². The van der Waals surface area contributed by atoms with Crippen molar-refractivity contribution in [3.63, 3.8) is 0 Å². The van der Waals surface area contributed by atoms with Crippen LogP contribution in [-0.2, 0) is 20.2 Å². The van der Waals surface area contributed by atoms with Gasteiger partial charge in [0.1, 0.15) is 22.1 Å². The highest BCUT2D eigenvalue weighted by atomic mass is 32.2. The van der Waals surface area contributed by atoms with Crippen molar-refractivity contribution in [1.29, 1.82) is 0 Å². The number of rotatable bonds is 10. The molecule has 0 radical (unpaired) electrons. The Morgan fingerprint density at radius 3 is 2.02 bits per heavy atom. The Hall–Kier alpha value is -5.38. The predicted octanol–water partition coefficient (Wildman–Crippen LogP) is 8.54. The van der Waals surface area contributed by atoms with E-state index < -0.39 is 30.8 Å². The van der Waals surface area contributed by atoms with Crippen molar-refractivity contribution in [2.45, 2.75) is 23.6 Å². The molecule has 0 aliphatic rings. The molecule has 2 aromatic heterocycles. The molecule has 0 spiro atoms. The quantitative estimate of drug-likeness (QED) is 0.102. The largest absolute Gasteiger partial charge is 0.456 e. The third-order valence-corrected chi connectivity index (χ3v) is 11.3. The maximum atomic E-state index is 13.2. The Labute approximate surface area is 302 Å². The molecular weight excluding hydrogens is 725 g/mol. The van der Waals surface area contributed by atoms with Gasteiger partial charge >= 0.3 is 5.63 Å². The van der Waals surface area contributed by atoms with E-state index in [2.05, 4.69) is 18.7 Å². The van der Waals surface area contributed by atoms with Crippen LogP contribution in [-0.4, -0.2) is 44.0 Å². The van der Waals surface area contributed by atoms with Crippen molar-refractivity contribution in [2.75, 3.05) is 18.0 Å². The van der Waals surface area contributed by atoms with E-state index >= 15 is 0 Å². The van der Waals surface area contributed by atoms with Crippen LogP contribution in [0.3, 0.4) is 0 Å². The number of hydrogen-bond donors (Lipinski definition) is 2. The van der Waals surface area contributed by atoms with Gasteiger partial charge in [-0.05, 0) is 79.6 Å². The topological polar surface area (TPSA) is 164 Å². The van der Waals surface area contributed by atoms with Crippen molar-refractivity contribution in [3.05, 3.63) is 120 Å². The van der Waals surface area contributed by atoms with Crippen molar-refractivity contribution < 1.29 is 35.1 Å². The summed E-state index contributed by atoms with van der Waals surface area (Å²) in [5, 5.41) is 1.21. The molecule has 5 aromatic carbocycles. The summed E-state index contributed by atoms with van der Waals surface area (Å²) < 4.78 is 81.0. The minimum Gasteiger partial charge on any atom is -0.456 e. The second-order valence-electron chi connectivity index (χ2n) is 11.8. The van der Waals surface area contributed by atoms with E-state index in [4.69, 9.17) is 14.1 Å². The standard InChI is InChI=1S/C38H30N2O9S3/c1-3-40(4-2)26-13-10-25-18-32(38(41)49-34(25)19-26)37-39-33-20-27(14-17-35(33)50-37)48-36-30(23-8-6-5-7-9-23)21-29(52(45,46)47)22-31(36)24-11-15-28(16-12-24)51(42,43)44/h5-22H,3-4H2,1-2H3,(H,42,43,44)(H,45,46,47). The van der Waals surface area contributed by atoms with Crippen molar-refractivity contribution in [2.24, 2.45) is 0 Å². The molecule has 0 atom stereocenters. The van der Waals surface area contributed by atoms with Gasteiger partial charge in [0.15, 0.2) is 0 Å². The molecule has 0 aliphatic carbocycles. The first kappa shape index (κ1) is 35.0. The van der Waals surface area contributed by atoms with Crippen LogP contribution in [0.15, 0.2) is 128 Å². The number of ether oxygens (including phenoxy) is 1. The Bertz CT molecular complexity index is 2760. The minimum atomic E-state index is -4.70. The SMILES string of the molecule is CCN(CC)c1ccc2cc(-c3nc4cc(Oc5c(-c6ccccc6)cc(S(=O)(=O)O)cc5-c5ccc(S(=O)(=O)O)cc5)ccc4s3)c(=O)oc2c1. The van der Waals surface area contributed by atoms with E-state index in [1.165, 1.54) is 47.7 Å². The summed E-state index contributed by atoms with van der Waals surface area (Å²) in [6, 6.07) is 29.2. The van der Waals surface area contributed by atoms with Gasteiger partial charge in [-0.1, -0.05) is 42.5 Å². The summed E-state index contributed by atoms with van der Waals surface area (Å²) >= 11 is 1.31. The van der Waals surface area contributed by atoms with Crippen LogP contribution < -0.4 is 15.3 Å². The fraction of sp³-hybridized carbons (Fsp3) is 0.105. The van der Waals surface area contributed by atoms with Crippen molar-refractivity contribution in [1.82, 2.24) is 4.98 Å². The lowest BCUT2D eigenvalue weighted by Gasteiger charge is -2.20. The van der Waals surface area contributed by atoms with Gasteiger partial charge in [-0.3, -0.25) is 9.11 Å². The molecule has 2 heterocycles. The smallest absolute Gasteiger partial charge is 0.346 e. The lowest BCUT2D eigenvalue weighted by atomic mass is 9.97. The molecule has 7 rings (SSSR count). The molecular formula is C38H30N2O9S3. The van der Waals surface area contributed by atoms with Crippen LogP contribution in [0.1, 0.15) is 13.8 Å². The van der Waals surface area contributed by atoms with Gasteiger partial charge in [0, 0.05) is 47.4 Å². The van der Waals surface area contributed by atoms with Crippen LogP contribution in [0.4, 0.5) is 5.69 Å². The van der Waals surface area contributed by atoms with Crippen LogP contribution in [0.2, 0.25) is 0 Å². The maximum Gasteiger partial charge on any atom is 0.346 e. The number of benzene rings is 5. The second-order valence-corrected chi connectivity index (χ2v) is 15.7. The number of anilines is 1. The molecule has 0 saturated heterocycles. The first-order chi connectivity index (χ1) is 24.8. The van der Waals surface area contributed by atoms with Gasteiger partial charge < -0.3 is 14.1 Å². The maximum absolute atomic E-state index is 13.2. The summed E-state index contributed by atoms with van der Waals surface area (Å²) in [5.74, 6) is 0.527. The summed E-state index contributed by atoms with van der Waals surface area (Å²) in [7, 11) is -9.20. The highest BCUT2D eigenvalue weighted by Gasteiger charge is 2.23. The van der Waals surface area contributed by atoms with Crippen LogP contribution in [0.25, 0.3) is 54.0 Å². The van der Waals surface area contributed by atoms with Gasteiger partial charge in [-0.15, -0.1) is 11.3 Å². The third kappa shape index (κ3) is 6.94. The minimum absolute atomic E-state index is 0.201. The molecule has 14 heteroatoms. The molecule has 2 N–H and O–H groups in total. The van der Waals surface area contributed by atoms with Crippen LogP contribution >= 0.6 is 11.3 Å². The van der Waals surface area contributed by atoms with E-state index in [0.717, 1.165) is 28.9 Å². The van der Waals surface area contributed by atoms with Gasteiger partial charge in [0.05, 0.1) is 25.6 Å². The molecule has 0 amide bonds. The zero-order valence-corrected chi connectivity index (χ0v) is 30.1. The molecule has 264 valence electrons. The highest BCUT2D eigenvalue weighted by Crippen LogP contribution is 2.44. The van der Waals surface area contributed by atoms with E-state index in [1.807, 2.05) is 18.2 Å². The molecule has 0 bridgehead atoms. The normalized spacial score (nSPS) is 12.0. The molecule has 11 nitrogen and oxygen atoms in total. The van der Waals surface area contributed by atoms with Gasteiger partial charge in [0.2, 0.25) is 0 Å². The summed E-state index contributed by atoms with van der Waals surface area (Å²) in [6.45, 7) is 5.75. The molecule has 0 unspecified atom stereocenters. The lowest BCUT2D eigenvalue weighted by molar-refractivity contribution is 0.479. The average Bonchev–Trinajstić information content (AvgIpc) is 3.55. The summed E-state index contributed by atoms with van der Waals surface area (Å²) in [5.41, 5.74) is 3.22. The van der Waals surface area contributed by atoms with E-state index in [1.54, 1.807) is 54.6 Å². The summed E-state index contributed by atoms with van der Waals surface area (Å²) in [4.78, 5) is 19.3. The fourth-order valence-electron chi connectivity index (χ4n) is 5.95. The van der Waals surface area contributed by atoms with Crippen LogP contribution in [0, 0.1) is 0 Å². The number of fused-ring (bicyclic) bond motifs is 2. The van der Waals surface area contributed by atoms with Crippen molar-refractivity contribution in [3.8, 4) is 44.3 Å². The number of nitrogens with zero attached hydrogens (tertiary/aromatic N) is 2. The number of aromatic nitrogens is 1. The average molecular weight is 755 g/mol.